The first kappa shape index (κ1) is 22.6. The van der Waals surface area contributed by atoms with E-state index in [4.69, 9.17) is 0 Å². The molecular weight excluding hydrogens is 327 g/mol. The molecule has 0 aliphatic rings. The molecule has 25 heavy (non-hydrogen) atoms. The van der Waals surface area contributed by atoms with Gasteiger partial charge in [0.05, 0.1) is 0 Å². The highest BCUT2D eigenvalue weighted by molar-refractivity contribution is 5.80. The molecule has 0 heterocycles. The van der Waals surface area contributed by atoms with Gasteiger partial charge in [0.25, 0.3) is 0 Å². The van der Waals surface area contributed by atoms with E-state index >= 15 is 0 Å². The summed E-state index contributed by atoms with van der Waals surface area (Å²) in [6.45, 7) is 7.17. The molecule has 1 aromatic carbocycles. The van der Waals surface area contributed by atoms with Crippen LogP contribution in [0.5, 0.6) is 0 Å². The number of benzene rings is 1. The van der Waals surface area contributed by atoms with E-state index < -0.39 is 18.5 Å². The number of amides is 2. The van der Waals surface area contributed by atoms with Gasteiger partial charge in [0, 0.05) is 11.1 Å². The molecule has 0 aromatic heterocycles. The molecule has 0 aliphatic heterocycles. The molecule has 1 unspecified atom stereocenters. The molecule has 0 fully saturated rings. The standard InChI is InChI=1S/C15H21FN2O3.C3H6O/c1-3-12(8-13-7-5-4-6-11(13)2)9-17-15(20)18-10-14(19)21-16;1-3(2)4/h4-7,12H,3,8-10H2,1-2H3,(H2,17,18,20);1-2H3. The number of hydrogen-bond donors (Lipinski definition) is 2. The predicted octanol–water partition coefficient (Wildman–Crippen LogP) is 2.89. The van der Waals surface area contributed by atoms with Crippen LogP contribution in [0, 0.1) is 12.8 Å². The van der Waals surface area contributed by atoms with Gasteiger partial charge in [-0.1, -0.05) is 37.6 Å². The third kappa shape index (κ3) is 11.7. The molecule has 0 aliphatic carbocycles. The van der Waals surface area contributed by atoms with Crippen LogP contribution in [0.3, 0.4) is 0 Å². The lowest BCUT2D eigenvalue weighted by Gasteiger charge is -2.17. The number of nitrogens with one attached hydrogen (secondary N) is 2. The predicted molar refractivity (Wildman–Crippen MR) is 93.6 cm³/mol. The summed E-state index contributed by atoms with van der Waals surface area (Å²) in [4.78, 5) is 34.4. The molecule has 7 heteroatoms. The second-order valence-corrected chi connectivity index (χ2v) is 5.83. The van der Waals surface area contributed by atoms with E-state index in [0.717, 1.165) is 12.8 Å². The minimum absolute atomic E-state index is 0.167. The van der Waals surface area contributed by atoms with Crippen LogP contribution in [-0.4, -0.2) is 30.9 Å². The van der Waals surface area contributed by atoms with Crippen LogP contribution in [0.2, 0.25) is 0 Å². The van der Waals surface area contributed by atoms with E-state index in [0.29, 0.717) is 12.5 Å². The number of ketones is 1. The summed E-state index contributed by atoms with van der Waals surface area (Å²) in [5, 5.41) is 4.90. The maximum absolute atomic E-state index is 11.5. The smallest absolute Gasteiger partial charge is 0.338 e. The Balaban J connectivity index is 0.00000129. The second-order valence-electron chi connectivity index (χ2n) is 5.83. The van der Waals surface area contributed by atoms with Crippen molar-refractivity contribution < 1.29 is 23.9 Å². The molecule has 2 amide bonds. The molecule has 1 rings (SSSR count). The van der Waals surface area contributed by atoms with E-state index in [-0.39, 0.29) is 5.78 Å². The third-order valence-electron chi connectivity index (χ3n) is 3.38. The van der Waals surface area contributed by atoms with Crippen LogP contribution in [0.15, 0.2) is 24.3 Å². The Labute approximate surface area is 148 Å². The van der Waals surface area contributed by atoms with Crippen molar-refractivity contribution in [3.05, 3.63) is 35.4 Å². The minimum Gasteiger partial charge on any atom is -0.338 e. The first-order valence-corrected chi connectivity index (χ1v) is 8.14. The zero-order chi connectivity index (χ0) is 19.2. The van der Waals surface area contributed by atoms with Gasteiger partial charge in [-0.15, -0.1) is 0 Å². The van der Waals surface area contributed by atoms with Gasteiger partial charge in [0.15, 0.2) is 0 Å². The lowest BCUT2D eigenvalue weighted by atomic mass is 9.94. The maximum atomic E-state index is 11.5. The van der Waals surface area contributed by atoms with Crippen LogP contribution in [0.1, 0.15) is 38.3 Å². The summed E-state index contributed by atoms with van der Waals surface area (Å²) in [5.74, 6) is -0.665. The number of carbonyl (C=O) groups excluding carboxylic acids is 3. The summed E-state index contributed by atoms with van der Waals surface area (Å²) in [6, 6.07) is 7.62. The second kappa shape index (κ2) is 12.9. The Bertz CT molecular complexity index is 560. The van der Waals surface area contributed by atoms with Crippen molar-refractivity contribution in [1.82, 2.24) is 10.6 Å². The van der Waals surface area contributed by atoms with Gasteiger partial charge in [0.1, 0.15) is 12.3 Å². The summed E-state index contributed by atoms with van der Waals surface area (Å²) < 4.78 is 11.5. The highest BCUT2D eigenvalue weighted by atomic mass is 19.3. The number of halogens is 1. The first-order valence-electron chi connectivity index (χ1n) is 8.14. The van der Waals surface area contributed by atoms with Crippen LogP contribution in [-0.2, 0) is 21.0 Å². The van der Waals surface area contributed by atoms with Crippen LogP contribution < -0.4 is 10.6 Å². The fraction of sp³-hybridized carbons (Fsp3) is 0.500. The molecule has 0 saturated carbocycles. The maximum Gasteiger partial charge on any atom is 0.367 e. The Morgan fingerprint density at radius 2 is 1.76 bits per heavy atom. The SMILES string of the molecule is CC(C)=O.CCC(CNC(=O)NCC(=O)OF)Cc1ccccc1C. The fourth-order valence-corrected chi connectivity index (χ4v) is 1.99. The largest absolute Gasteiger partial charge is 0.367 e. The van der Waals surface area contributed by atoms with Crippen LogP contribution in [0.25, 0.3) is 0 Å². The van der Waals surface area contributed by atoms with Crippen molar-refractivity contribution in [3.8, 4) is 0 Å². The van der Waals surface area contributed by atoms with Gasteiger partial charge in [0.2, 0.25) is 0 Å². The summed E-state index contributed by atoms with van der Waals surface area (Å²) >= 11 is 0. The summed E-state index contributed by atoms with van der Waals surface area (Å²) in [5.41, 5.74) is 2.48. The minimum atomic E-state index is -1.13. The van der Waals surface area contributed by atoms with Crippen molar-refractivity contribution in [2.75, 3.05) is 13.1 Å². The summed E-state index contributed by atoms with van der Waals surface area (Å²) in [7, 11) is 0. The highest BCUT2D eigenvalue weighted by Crippen LogP contribution is 2.15. The van der Waals surface area contributed by atoms with E-state index in [1.165, 1.54) is 25.0 Å². The van der Waals surface area contributed by atoms with Crippen molar-refractivity contribution in [2.45, 2.75) is 40.5 Å². The van der Waals surface area contributed by atoms with Gasteiger partial charge < -0.3 is 15.4 Å². The average molecular weight is 354 g/mol. The lowest BCUT2D eigenvalue weighted by molar-refractivity contribution is -0.182. The number of urea groups is 1. The molecule has 1 atom stereocenters. The molecule has 0 radical (unpaired) electrons. The van der Waals surface area contributed by atoms with Crippen molar-refractivity contribution in [3.63, 3.8) is 0 Å². The number of rotatable bonds is 7. The number of carbonyl (C=O) groups is 3. The molecule has 140 valence electrons. The van der Waals surface area contributed by atoms with E-state index in [9.17, 15) is 18.9 Å². The van der Waals surface area contributed by atoms with Crippen LogP contribution in [0.4, 0.5) is 9.32 Å². The fourth-order valence-electron chi connectivity index (χ4n) is 1.99. The third-order valence-corrected chi connectivity index (χ3v) is 3.38. The molecular formula is C18H27FN2O4. The quantitative estimate of drug-likeness (QED) is 0.788. The molecule has 0 spiro atoms. The van der Waals surface area contributed by atoms with E-state index in [2.05, 4.69) is 41.6 Å². The number of aryl methyl sites for hydroxylation is 1. The highest BCUT2D eigenvalue weighted by Gasteiger charge is 2.12. The topological polar surface area (TPSA) is 84.5 Å². The van der Waals surface area contributed by atoms with E-state index in [1.807, 2.05) is 12.1 Å². The zero-order valence-corrected chi connectivity index (χ0v) is 15.2. The van der Waals surface area contributed by atoms with E-state index in [1.54, 1.807) is 0 Å². The monoisotopic (exact) mass is 354 g/mol. The molecule has 6 nitrogen and oxygen atoms in total. The van der Waals surface area contributed by atoms with Crippen LogP contribution >= 0.6 is 0 Å². The Morgan fingerprint density at radius 1 is 1.16 bits per heavy atom. The normalized spacial score (nSPS) is 10.8. The molecule has 2 N–H and O–H groups in total. The Hall–Kier alpha value is -2.44. The Morgan fingerprint density at radius 3 is 2.28 bits per heavy atom. The van der Waals surface area contributed by atoms with Crippen molar-refractivity contribution in [1.29, 1.82) is 0 Å². The Kier molecular flexibility index (Phi) is 11.7. The molecule has 0 saturated heterocycles. The van der Waals surface area contributed by atoms with Gasteiger partial charge >= 0.3 is 12.0 Å². The first-order chi connectivity index (χ1) is 11.8. The lowest BCUT2D eigenvalue weighted by Crippen LogP contribution is -2.40. The van der Waals surface area contributed by atoms with Gasteiger partial charge in [-0.2, -0.15) is 0 Å². The van der Waals surface area contributed by atoms with Crippen molar-refractivity contribution >= 4 is 17.8 Å². The van der Waals surface area contributed by atoms with Gasteiger partial charge in [-0.25, -0.2) is 9.59 Å². The molecule has 0 bridgehead atoms. The summed E-state index contributed by atoms with van der Waals surface area (Å²) in [6.07, 6.45) is 1.79. The number of hydrogen-bond acceptors (Lipinski definition) is 4. The molecule has 1 aromatic rings. The van der Waals surface area contributed by atoms with Gasteiger partial charge in [-0.05, 0) is 44.2 Å². The average Bonchev–Trinajstić information content (AvgIpc) is 2.57. The van der Waals surface area contributed by atoms with Crippen molar-refractivity contribution in [2.24, 2.45) is 5.92 Å². The number of Topliss-reactive ketones (excluding diaryl/α,β-unsaturated/α-hetero) is 1. The van der Waals surface area contributed by atoms with Gasteiger partial charge in [-0.3, -0.25) is 4.94 Å². The zero-order valence-electron chi connectivity index (χ0n) is 15.2.